The van der Waals surface area contributed by atoms with Gasteiger partial charge in [0.15, 0.2) is 0 Å². The largest absolute Gasteiger partial charge is 0.368 e. The van der Waals surface area contributed by atoms with Gasteiger partial charge in [-0.25, -0.2) is 4.98 Å². The van der Waals surface area contributed by atoms with Crippen LogP contribution in [0.3, 0.4) is 0 Å². The first-order chi connectivity index (χ1) is 25.5. The lowest BCUT2D eigenvalue weighted by atomic mass is 9.81. The molecule has 1 aliphatic heterocycles. The number of aromatic nitrogens is 2. The summed E-state index contributed by atoms with van der Waals surface area (Å²) in [5.41, 5.74) is 13.5. The Hall–Kier alpha value is -6.13. The van der Waals surface area contributed by atoms with E-state index in [1.54, 1.807) is 0 Å². The molecule has 2 heterocycles. The first-order valence-electron chi connectivity index (χ1n) is 18.0. The Bertz CT molecular complexity index is 2300. The van der Waals surface area contributed by atoms with Crippen LogP contribution in [0.4, 0.5) is 11.4 Å². The molecule has 0 spiro atoms. The van der Waals surface area contributed by atoms with Gasteiger partial charge in [0, 0.05) is 29.0 Å². The molecule has 0 unspecified atom stereocenters. The summed E-state index contributed by atoms with van der Waals surface area (Å²) in [6.07, 6.45) is 8.45. The Morgan fingerprint density at radius 1 is 0.635 bits per heavy atom. The molecule has 0 fully saturated rings. The van der Waals surface area contributed by atoms with Gasteiger partial charge in [0.1, 0.15) is 5.82 Å². The quantitative estimate of drug-likeness (QED) is 0.170. The third kappa shape index (κ3) is 8.25. The van der Waals surface area contributed by atoms with Crippen molar-refractivity contribution >= 4 is 40.9 Å². The molecule has 0 saturated heterocycles. The second kappa shape index (κ2) is 17.2. The molecule has 1 aromatic heterocycles. The number of imidazole rings is 1. The fourth-order valence-corrected chi connectivity index (χ4v) is 6.30. The lowest BCUT2D eigenvalue weighted by Crippen LogP contribution is -2.22. The van der Waals surface area contributed by atoms with Gasteiger partial charge in [-0.1, -0.05) is 165 Å². The van der Waals surface area contributed by atoms with Crippen molar-refractivity contribution in [2.24, 2.45) is 0 Å². The molecule has 4 heteroatoms. The van der Waals surface area contributed by atoms with Crippen molar-refractivity contribution < 1.29 is 0 Å². The highest BCUT2D eigenvalue weighted by molar-refractivity contribution is 6.53. The Balaban J connectivity index is 0.000000458. The lowest BCUT2D eigenvalue weighted by molar-refractivity contribution is 1.09. The van der Waals surface area contributed by atoms with Gasteiger partial charge in [-0.05, 0) is 78.6 Å². The van der Waals surface area contributed by atoms with Crippen LogP contribution < -0.4 is 10.4 Å². The molecule has 0 aliphatic carbocycles. The highest BCUT2D eigenvalue weighted by Gasteiger charge is 2.19. The first-order valence-corrected chi connectivity index (χ1v) is 18.0. The highest BCUT2D eigenvalue weighted by Crippen LogP contribution is 2.38. The number of aryl methyl sites for hydroxylation is 2. The fraction of sp³-hybridized carbons (Fsp3) is 0.104. The van der Waals surface area contributed by atoms with Crippen LogP contribution in [0.1, 0.15) is 30.5 Å². The van der Waals surface area contributed by atoms with Crippen LogP contribution in [0.15, 0.2) is 183 Å². The predicted molar refractivity (Wildman–Crippen MR) is 226 cm³/mol. The van der Waals surface area contributed by atoms with E-state index in [2.05, 4.69) is 183 Å². The van der Waals surface area contributed by atoms with Crippen LogP contribution in [0.2, 0.25) is 0 Å². The van der Waals surface area contributed by atoms with Gasteiger partial charge < -0.3 is 9.38 Å². The van der Waals surface area contributed by atoms with Gasteiger partial charge in [-0.3, -0.25) is 0 Å². The fourth-order valence-electron chi connectivity index (χ4n) is 6.30. The number of fused-ring (bicyclic) bond motifs is 2. The van der Waals surface area contributed by atoms with E-state index < -0.39 is 0 Å². The smallest absolute Gasteiger partial charge is 0.293 e. The van der Waals surface area contributed by atoms with Crippen molar-refractivity contribution in [1.82, 2.24) is 9.46 Å². The zero-order valence-corrected chi connectivity index (χ0v) is 30.6. The van der Waals surface area contributed by atoms with E-state index in [0.717, 1.165) is 68.1 Å². The van der Waals surface area contributed by atoms with Crippen LogP contribution in [-0.4, -0.2) is 23.4 Å². The number of rotatable bonds is 5. The molecule has 0 atom stereocenters. The van der Waals surface area contributed by atoms with E-state index in [4.69, 9.17) is 4.98 Å². The maximum atomic E-state index is 5.13. The zero-order chi connectivity index (χ0) is 36.3. The van der Waals surface area contributed by atoms with Crippen LogP contribution in [0.5, 0.6) is 0 Å². The monoisotopic (exact) mass is 674 g/mol. The molecule has 8 rings (SSSR count). The van der Waals surface area contributed by atoms with Gasteiger partial charge >= 0.3 is 0 Å². The van der Waals surface area contributed by atoms with Gasteiger partial charge in [-0.2, -0.15) is 0 Å². The number of anilines is 2. The summed E-state index contributed by atoms with van der Waals surface area (Å²) < 4.78 is 2.22. The van der Waals surface area contributed by atoms with Crippen LogP contribution in [0, 0.1) is 13.8 Å². The minimum Gasteiger partial charge on any atom is -0.368 e. The molecule has 7 aromatic rings. The van der Waals surface area contributed by atoms with Crippen LogP contribution in [-0.2, 0) is 0 Å². The topological polar surface area (TPSA) is 21.1 Å². The number of allylic oxidation sites excluding steroid dienone is 4. The van der Waals surface area contributed by atoms with Gasteiger partial charge in [0.25, 0.3) is 7.41 Å². The number of para-hydroxylation sites is 3. The Morgan fingerprint density at radius 2 is 1.25 bits per heavy atom. The summed E-state index contributed by atoms with van der Waals surface area (Å²) >= 11 is 0. The van der Waals surface area contributed by atoms with Crippen molar-refractivity contribution in [1.29, 1.82) is 0 Å². The van der Waals surface area contributed by atoms with E-state index >= 15 is 0 Å². The minimum absolute atomic E-state index is 0.775. The summed E-state index contributed by atoms with van der Waals surface area (Å²) in [4.78, 5) is 7.47. The highest BCUT2D eigenvalue weighted by atomic mass is 15.1. The van der Waals surface area contributed by atoms with Gasteiger partial charge in [0.05, 0.1) is 11.0 Å². The summed E-state index contributed by atoms with van der Waals surface area (Å²) in [7, 11) is 2.17. The molecule has 1 radical (unpaired) electrons. The third-order valence-electron chi connectivity index (χ3n) is 8.96. The van der Waals surface area contributed by atoms with E-state index in [-0.39, 0.29) is 0 Å². The van der Waals surface area contributed by atoms with E-state index in [0.29, 0.717) is 0 Å². The molecule has 3 nitrogen and oxygen atoms in total. The van der Waals surface area contributed by atoms with E-state index in [9.17, 15) is 0 Å². The maximum Gasteiger partial charge on any atom is 0.293 e. The van der Waals surface area contributed by atoms with Crippen molar-refractivity contribution in [3.8, 4) is 22.5 Å². The molecule has 0 saturated carbocycles. The average molecular weight is 675 g/mol. The predicted octanol–water partition coefficient (Wildman–Crippen LogP) is 11.8. The molecule has 0 N–H and O–H groups in total. The number of benzene rings is 6. The summed E-state index contributed by atoms with van der Waals surface area (Å²) in [5.74, 6) is 0.931. The van der Waals surface area contributed by atoms with Crippen molar-refractivity contribution in [2.45, 2.75) is 27.7 Å². The van der Waals surface area contributed by atoms with E-state index in [1.165, 1.54) is 11.1 Å². The molecule has 6 aromatic carbocycles. The van der Waals surface area contributed by atoms with Gasteiger partial charge in [0.2, 0.25) is 0 Å². The van der Waals surface area contributed by atoms with E-state index in [1.807, 2.05) is 44.2 Å². The second-order valence-corrected chi connectivity index (χ2v) is 12.5. The standard InChI is InChI=1S/C39H31BN3.C7H8.C2H6/c1-28-14-6-5-13-25-42(33-17-9-4-10-18-33)37-24-23-31(26-34(28)37)30-22-21-29(2)35(27-30)39-41-36-19-11-12-20-38(36)43(39)40-32-15-7-3-8-16-32;1-7-5-3-2-4-6-7;1-2/h3-24,26-27H,1,25H2,2H3;2-6H,1H3;1-2H3/b13-5-,14-6-;;. The maximum absolute atomic E-state index is 5.13. The number of hydrogen-bond donors (Lipinski definition) is 0. The summed E-state index contributed by atoms with van der Waals surface area (Å²) in [6.45, 7) is 13.5. The third-order valence-corrected chi connectivity index (χ3v) is 8.96. The minimum atomic E-state index is 0.775. The lowest BCUT2D eigenvalue weighted by Gasteiger charge is -2.27. The normalized spacial score (nSPS) is 13.2. The van der Waals surface area contributed by atoms with Gasteiger partial charge in [-0.15, -0.1) is 0 Å². The first kappa shape index (κ1) is 35.7. The molecular formula is C48H45BN3. The zero-order valence-electron chi connectivity index (χ0n) is 30.6. The Morgan fingerprint density at radius 3 is 1.94 bits per heavy atom. The van der Waals surface area contributed by atoms with Crippen LogP contribution >= 0.6 is 0 Å². The molecule has 1 aliphatic rings. The molecule has 0 bridgehead atoms. The summed E-state index contributed by atoms with van der Waals surface area (Å²) in [6, 6.07) is 53.0. The number of nitrogens with zero attached hydrogens (tertiary/aromatic N) is 3. The second-order valence-electron chi connectivity index (χ2n) is 12.5. The SMILES string of the molecule is C=C1/C=C\C=C/CN(c2ccccc2)c2ccc(-c3ccc(C)c(-c4nc5ccccc5n4[B]c4ccccc4)c3)cc21.CC.Cc1ccccc1. The molecular weight excluding hydrogens is 629 g/mol. The molecule has 255 valence electrons. The average Bonchev–Trinajstić information content (AvgIpc) is 3.58. The Kier molecular flexibility index (Phi) is 11.8. The number of hydrogen-bond acceptors (Lipinski definition) is 2. The van der Waals surface area contributed by atoms with Crippen molar-refractivity contribution in [2.75, 3.05) is 11.4 Å². The van der Waals surface area contributed by atoms with Crippen molar-refractivity contribution in [3.63, 3.8) is 0 Å². The molecule has 52 heavy (non-hydrogen) atoms. The molecule has 0 amide bonds. The summed E-state index contributed by atoms with van der Waals surface area (Å²) in [5, 5.41) is 0. The van der Waals surface area contributed by atoms with Crippen LogP contribution in [0.25, 0.3) is 39.1 Å². The Labute approximate surface area is 310 Å². The van der Waals surface area contributed by atoms with Crippen molar-refractivity contribution in [3.05, 3.63) is 199 Å².